The van der Waals surface area contributed by atoms with Crippen molar-refractivity contribution < 1.29 is 19.4 Å². The van der Waals surface area contributed by atoms with Crippen molar-refractivity contribution in [2.45, 2.75) is 12.8 Å². The zero-order valence-corrected chi connectivity index (χ0v) is 14.4. The van der Waals surface area contributed by atoms with Crippen LogP contribution in [-0.2, 0) is 9.59 Å². The monoisotopic (exact) mass is 357 g/mol. The minimum absolute atomic E-state index is 0.315. The number of carboxylic acid groups (broad SMARTS) is 1. The minimum Gasteiger partial charge on any atom is -0.550 e. The van der Waals surface area contributed by atoms with E-state index in [2.05, 4.69) is 10.3 Å². The fourth-order valence-corrected chi connectivity index (χ4v) is 3.51. The normalized spacial score (nSPS) is 19.4. The molecule has 0 spiro atoms. The zero-order valence-electron chi connectivity index (χ0n) is 13.6. The summed E-state index contributed by atoms with van der Waals surface area (Å²) >= 11 is 1.30. The number of aromatic nitrogens is 1. The van der Waals surface area contributed by atoms with E-state index in [4.69, 9.17) is 4.74 Å². The first-order valence-electron chi connectivity index (χ1n) is 7.85. The SMILES string of the molecule is COc1ccc(-c2csc(NC(=O)[C@@H]3CC=CC[C@@H]3C(=O)[O-])n2)cc1. The summed E-state index contributed by atoms with van der Waals surface area (Å²) in [7, 11) is 1.60. The molecule has 6 nitrogen and oxygen atoms in total. The molecule has 0 saturated carbocycles. The summed E-state index contributed by atoms with van der Waals surface area (Å²) in [5, 5.41) is 16.2. The molecule has 0 unspecified atom stereocenters. The van der Waals surface area contributed by atoms with Gasteiger partial charge in [0.05, 0.1) is 18.7 Å². The summed E-state index contributed by atoms with van der Waals surface area (Å²) in [6.07, 6.45) is 4.31. The number of ether oxygens (including phenoxy) is 1. The van der Waals surface area contributed by atoms with Crippen LogP contribution in [0.5, 0.6) is 5.75 Å². The average molecular weight is 357 g/mol. The van der Waals surface area contributed by atoms with E-state index in [0.717, 1.165) is 17.0 Å². The van der Waals surface area contributed by atoms with Crippen molar-refractivity contribution in [2.75, 3.05) is 12.4 Å². The number of thiazole rings is 1. The van der Waals surface area contributed by atoms with Gasteiger partial charge in [0.25, 0.3) is 0 Å². The van der Waals surface area contributed by atoms with E-state index in [1.54, 1.807) is 13.2 Å². The first-order valence-corrected chi connectivity index (χ1v) is 8.73. The number of nitrogens with one attached hydrogen (secondary N) is 1. The van der Waals surface area contributed by atoms with Gasteiger partial charge in [-0.1, -0.05) is 12.2 Å². The van der Waals surface area contributed by atoms with E-state index in [1.807, 2.05) is 35.7 Å². The van der Waals surface area contributed by atoms with Crippen LogP contribution in [0.1, 0.15) is 12.8 Å². The molecule has 1 N–H and O–H groups in total. The Morgan fingerprint density at radius 1 is 1.20 bits per heavy atom. The zero-order chi connectivity index (χ0) is 17.8. The fourth-order valence-electron chi connectivity index (χ4n) is 2.79. The molecule has 1 aromatic heterocycles. The molecule has 130 valence electrons. The van der Waals surface area contributed by atoms with Gasteiger partial charge in [-0.3, -0.25) is 4.79 Å². The van der Waals surface area contributed by atoms with E-state index in [0.29, 0.717) is 18.0 Å². The standard InChI is InChI=1S/C18H18N2O4S/c1-24-12-8-6-11(7-9-12)15-10-25-18(19-15)20-16(21)13-4-2-3-5-14(13)17(22)23/h2-3,6-10,13-14H,4-5H2,1H3,(H,22,23)(H,19,20,21)/p-1/t13-,14+/m1/s1. The molecule has 1 heterocycles. The number of carbonyl (C=O) groups excluding carboxylic acids is 2. The molecule has 0 fully saturated rings. The van der Waals surface area contributed by atoms with Crippen molar-refractivity contribution in [1.29, 1.82) is 0 Å². The lowest BCUT2D eigenvalue weighted by atomic mass is 9.82. The molecule has 1 aromatic carbocycles. The molecule has 7 heteroatoms. The molecule has 25 heavy (non-hydrogen) atoms. The van der Waals surface area contributed by atoms with Gasteiger partial charge in [0.15, 0.2) is 5.13 Å². The van der Waals surface area contributed by atoms with Gasteiger partial charge in [0, 0.05) is 22.8 Å². The quantitative estimate of drug-likeness (QED) is 0.828. The number of carboxylic acids is 1. The summed E-state index contributed by atoms with van der Waals surface area (Å²) in [5.41, 5.74) is 1.65. The third-order valence-electron chi connectivity index (χ3n) is 4.19. The second kappa shape index (κ2) is 7.48. The van der Waals surface area contributed by atoms with Gasteiger partial charge in [0.1, 0.15) is 5.75 Å². The molecule has 0 radical (unpaired) electrons. The van der Waals surface area contributed by atoms with Crippen molar-refractivity contribution in [3.05, 3.63) is 41.8 Å². The van der Waals surface area contributed by atoms with Gasteiger partial charge in [-0.05, 0) is 37.1 Å². The number of methoxy groups -OCH3 is 1. The largest absolute Gasteiger partial charge is 0.550 e. The second-order valence-corrected chi connectivity index (χ2v) is 6.59. The minimum atomic E-state index is -1.19. The van der Waals surface area contributed by atoms with Gasteiger partial charge < -0.3 is 20.0 Å². The average Bonchev–Trinajstić information content (AvgIpc) is 3.10. The molecule has 2 aromatic rings. The summed E-state index contributed by atoms with van der Waals surface area (Å²) in [6.45, 7) is 0. The number of amides is 1. The van der Waals surface area contributed by atoms with Crippen LogP contribution >= 0.6 is 11.3 Å². The molecule has 2 atom stereocenters. The maximum Gasteiger partial charge on any atom is 0.230 e. The molecule has 1 aliphatic carbocycles. The Kier molecular flexibility index (Phi) is 5.14. The number of benzene rings is 1. The Balaban J connectivity index is 1.71. The lowest BCUT2D eigenvalue weighted by Gasteiger charge is -2.27. The van der Waals surface area contributed by atoms with Gasteiger partial charge in [-0.25, -0.2) is 4.98 Å². The molecular weight excluding hydrogens is 340 g/mol. The highest BCUT2D eigenvalue weighted by Gasteiger charge is 2.30. The van der Waals surface area contributed by atoms with Crippen molar-refractivity contribution in [3.63, 3.8) is 0 Å². The van der Waals surface area contributed by atoms with E-state index in [9.17, 15) is 14.7 Å². The van der Waals surface area contributed by atoms with E-state index in [-0.39, 0.29) is 5.91 Å². The number of aliphatic carboxylic acids is 1. The van der Waals surface area contributed by atoms with Crippen molar-refractivity contribution in [1.82, 2.24) is 4.98 Å². The van der Waals surface area contributed by atoms with Crippen LogP contribution in [0.15, 0.2) is 41.8 Å². The smallest absolute Gasteiger partial charge is 0.230 e. The number of hydrogen-bond acceptors (Lipinski definition) is 6. The van der Waals surface area contributed by atoms with Crippen molar-refractivity contribution >= 4 is 28.3 Å². The molecular formula is C18H17N2O4S-. The first kappa shape index (κ1) is 17.2. The lowest BCUT2D eigenvalue weighted by molar-refractivity contribution is -0.313. The Bertz CT molecular complexity index is 798. The summed E-state index contributed by atoms with van der Waals surface area (Å²) in [6, 6.07) is 7.45. The van der Waals surface area contributed by atoms with E-state index in [1.165, 1.54) is 11.3 Å². The van der Waals surface area contributed by atoms with Crippen LogP contribution < -0.4 is 15.2 Å². The van der Waals surface area contributed by atoms with Crippen LogP contribution in [0.4, 0.5) is 5.13 Å². The topological polar surface area (TPSA) is 91.3 Å². The second-order valence-electron chi connectivity index (χ2n) is 5.73. The molecule has 1 amide bonds. The Morgan fingerprint density at radius 3 is 2.52 bits per heavy atom. The summed E-state index contributed by atoms with van der Waals surface area (Å²) < 4.78 is 5.13. The number of hydrogen-bond donors (Lipinski definition) is 1. The predicted molar refractivity (Wildman–Crippen MR) is 93.1 cm³/mol. The van der Waals surface area contributed by atoms with Gasteiger partial charge in [-0.15, -0.1) is 11.3 Å². The molecule has 0 bridgehead atoms. The van der Waals surface area contributed by atoms with Crippen LogP contribution in [0.3, 0.4) is 0 Å². The third-order valence-corrected chi connectivity index (χ3v) is 4.95. The molecule has 0 saturated heterocycles. The summed E-state index contributed by atoms with van der Waals surface area (Å²) in [4.78, 5) is 28.0. The number of rotatable bonds is 5. The number of carbonyl (C=O) groups is 2. The molecule has 0 aliphatic heterocycles. The fraction of sp³-hybridized carbons (Fsp3) is 0.278. The van der Waals surface area contributed by atoms with Crippen LogP contribution in [0.2, 0.25) is 0 Å². The lowest BCUT2D eigenvalue weighted by Crippen LogP contribution is -2.41. The predicted octanol–water partition coefficient (Wildman–Crippen LogP) is 2.09. The highest BCUT2D eigenvalue weighted by molar-refractivity contribution is 7.14. The van der Waals surface area contributed by atoms with Gasteiger partial charge in [0.2, 0.25) is 5.91 Å². The summed E-state index contributed by atoms with van der Waals surface area (Å²) in [5.74, 6) is -2.21. The highest BCUT2D eigenvalue weighted by atomic mass is 32.1. The van der Waals surface area contributed by atoms with Crippen molar-refractivity contribution in [3.8, 4) is 17.0 Å². The number of allylic oxidation sites excluding steroid dienone is 2. The number of anilines is 1. The maximum atomic E-state index is 12.4. The van der Waals surface area contributed by atoms with Crippen LogP contribution in [-0.4, -0.2) is 24.0 Å². The molecule has 3 rings (SSSR count). The first-order chi connectivity index (χ1) is 12.1. The van der Waals surface area contributed by atoms with Gasteiger partial charge in [-0.2, -0.15) is 0 Å². The Morgan fingerprint density at radius 2 is 1.88 bits per heavy atom. The maximum absolute atomic E-state index is 12.4. The van der Waals surface area contributed by atoms with Crippen LogP contribution in [0, 0.1) is 11.8 Å². The third kappa shape index (κ3) is 3.88. The Labute approximate surface area is 149 Å². The van der Waals surface area contributed by atoms with Crippen molar-refractivity contribution in [2.24, 2.45) is 11.8 Å². The Hall–Kier alpha value is -2.67. The van der Waals surface area contributed by atoms with E-state index >= 15 is 0 Å². The van der Waals surface area contributed by atoms with E-state index < -0.39 is 17.8 Å². The highest BCUT2D eigenvalue weighted by Crippen LogP contribution is 2.29. The number of nitrogens with zero attached hydrogens (tertiary/aromatic N) is 1. The van der Waals surface area contributed by atoms with Crippen LogP contribution in [0.25, 0.3) is 11.3 Å². The van der Waals surface area contributed by atoms with Gasteiger partial charge >= 0.3 is 0 Å². The molecule has 1 aliphatic rings.